The van der Waals surface area contributed by atoms with Gasteiger partial charge in [0.05, 0.1) is 35.2 Å². The van der Waals surface area contributed by atoms with Gasteiger partial charge in [-0.15, -0.1) is 11.3 Å². The number of fused-ring (bicyclic) bond motifs is 1. The molecule has 3 aromatic carbocycles. The van der Waals surface area contributed by atoms with Gasteiger partial charge in [-0.05, 0) is 72.8 Å². The van der Waals surface area contributed by atoms with Crippen LogP contribution >= 0.6 is 27.3 Å². The van der Waals surface area contributed by atoms with E-state index < -0.39 is 15.6 Å². The van der Waals surface area contributed by atoms with Crippen molar-refractivity contribution in [2.24, 2.45) is 10.2 Å². The van der Waals surface area contributed by atoms with E-state index in [0.717, 1.165) is 15.4 Å². The largest absolute Gasteiger partial charge is 0.497 e. The van der Waals surface area contributed by atoms with E-state index in [4.69, 9.17) is 19.4 Å². The van der Waals surface area contributed by atoms with E-state index in [0.29, 0.717) is 44.7 Å². The Hall–Kier alpha value is -4.63. The van der Waals surface area contributed by atoms with Gasteiger partial charge in [0.2, 0.25) is 15.2 Å². The third-order valence-electron chi connectivity index (χ3n) is 6.37. The van der Waals surface area contributed by atoms with Crippen molar-refractivity contribution in [1.29, 1.82) is 0 Å². The Bertz CT molecular complexity index is 2150. The number of nitrogens with two attached hydrogens (primary N) is 1. The Kier molecular flexibility index (Phi) is 7.66. The lowest BCUT2D eigenvalue weighted by molar-refractivity contribution is 0.415. The van der Waals surface area contributed by atoms with Gasteiger partial charge in [-0.2, -0.15) is 10.2 Å². The number of rotatable bonds is 8. The van der Waals surface area contributed by atoms with Gasteiger partial charge in [0, 0.05) is 32.6 Å². The normalized spacial score (nSPS) is 11.8. The molecule has 11 nitrogen and oxygen atoms in total. The number of hydrogen-bond acceptors (Lipinski definition) is 10. The second kappa shape index (κ2) is 11.6. The second-order valence-electron chi connectivity index (χ2n) is 9.18. The van der Waals surface area contributed by atoms with E-state index in [9.17, 15) is 13.2 Å². The van der Waals surface area contributed by atoms with Crippen LogP contribution in [0.2, 0.25) is 0 Å². The number of hydrazone groups is 1. The molecule has 0 fully saturated rings. The fourth-order valence-electron chi connectivity index (χ4n) is 4.25. The molecule has 0 atom stereocenters. The molecule has 0 radical (unpaired) electrons. The van der Waals surface area contributed by atoms with Crippen LogP contribution in [0.4, 0.5) is 5.13 Å². The van der Waals surface area contributed by atoms with Crippen molar-refractivity contribution in [3.05, 3.63) is 105 Å². The number of anilines is 1. The fourth-order valence-corrected chi connectivity index (χ4v) is 5.81. The van der Waals surface area contributed by atoms with Crippen molar-refractivity contribution in [3.63, 3.8) is 0 Å². The molecule has 43 heavy (non-hydrogen) atoms. The first-order chi connectivity index (χ1) is 20.7. The minimum Gasteiger partial charge on any atom is -0.497 e. The second-order valence-corrected chi connectivity index (χ2v) is 12.5. The van der Waals surface area contributed by atoms with Crippen molar-refractivity contribution in [3.8, 4) is 34.0 Å². The van der Waals surface area contributed by atoms with Gasteiger partial charge in [-0.25, -0.2) is 28.0 Å². The maximum Gasteiger partial charge on any atom is 0.345 e. The van der Waals surface area contributed by atoms with Gasteiger partial charge < -0.3 is 9.15 Å². The predicted molar refractivity (Wildman–Crippen MR) is 169 cm³/mol. The summed E-state index contributed by atoms with van der Waals surface area (Å²) in [5, 5.41) is 17.3. The number of hydrogen-bond donors (Lipinski definition) is 2. The smallest absolute Gasteiger partial charge is 0.345 e. The summed E-state index contributed by atoms with van der Waals surface area (Å²) in [6.45, 7) is 0. The van der Waals surface area contributed by atoms with Crippen LogP contribution in [0.3, 0.4) is 0 Å². The molecule has 6 aromatic rings. The van der Waals surface area contributed by atoms with Gasteiger partial charge in [0.25, 0.3) is 0 Å². The molecule has 14 heteroatoms. The van der Waals surface area contributed by atoms with E-state index in [2.05, 4.69) is 31.4 Å². The third-order valence-corrected chi connectivity index (χ3v) is 8.54. The first-order valence-corrected chi connectivity index (χ1v) is 15.8. The molecule has 0 saturated heterocycles. The molecule has 6 rings (SSSR count). The topological polar surface area (TPSA) is 155 Å². The lowest BCUT2D eigenvalue weighted by Gasteiger charge is -2.03. The molecule has 0 aliphatic carbocycles. The molecule has 0 saturated carbocycles. The number of nitrogens with zero attached hydrogens (tertiary/aromatic N) is 4. The highest BCUT2D eigenvalue weighted by Crippen LogP contribution is 2.28. The zero-order chi connectivity index (χ0) is 30.1. The summed E-state index contributed by atoms with van der Waals surface area (Å²) < 4.78 is 36.6. The number of nitrogens with one attached hydrogen (secondary N) is 1. The first-order valence-electron chi connectivity index (χ1n) is 12.5. The number of aromatic nitrogens is 3. The summed E-state index contributed by atoms with van der Waals surface area (Å²) in [6.07, 6.45) is 3.37. The van der Waals surface area contributed by atoms with E-state index >= 15 is 0 Å². The molecule has 3 aromatic heterocycles. The molecule has 0 bridgehead atoms. The Balaban J connectivity index is 1.29. The van der Waals surface area contributed by atoms with Gasteiger partial charge in [0.15, 0.2) is 0 Å². The molecule has 0 aliphatic rings. The number of ether oxygens (including phenoxy) is 1. The number of halogens is 1. The van der Waals surface area contributed by atoms with E-state index in [1.807, 2.05) is 36.4 Å². The molecule has 3 N–H and O–H groups in total. The standard InChI is InChI=1S/C29H21BrN6O5S2/c1-40-22-7-2-17(3-8-22)27-19(15-36(35-27)21-5-9-23(10-6-21)43(31,38)39)14-32-34-29-33-25(16-42-29)24-13-18-12-20(30)4-11-26(18)41-28(24)37/h2-16H,1H3,(H,33,34)(H2,31,38,39)/b32-14-. The maximum atomic E-state index is 12.6. The van der Waals surface area contributed by atoms with Crippen LogP contribution in [-0.2, 0) is 10.0 Å². The Morgan fingerprint density at radius 3 is 2.58 bits per heavy atom. The van der Waals surface area contributed by atoms with Gasteiger partial charge in [0.1, 0.15) is 17.0 Å². The summed E-state index contributed by atoms with van der Waals surface area (Å²) >= 11 is 4.72. The van der Waals surface area contributed by atoms with Crippen LogP contribution in [0.25, 0.3) is 39.2 Å². The van der Waals surface area contributed by atoms with Gasteiger partial charge >= 0.3 is 5.63 Å². The number of thiazole rings is 1. The van der Waals surface area contributed by atoms with Crippen LogP contribution in [0.1, 0.15) is 5.56 Å². The zero-order valence-corrected chi connectivity index (χ0v) is 25.5. The maximum absolute atomic E-state index is 12.6. The summed E-state index contributed by atoms with van der Waals surface area (Å²) in [5.41, 5.74) is 6.47. The van der Waals surface area contributed by atoms with Crippen LogP contribution < -0.4 is 20.9 Å². The van der Waals surface area contributed by atoms with Crippen LogP contribution in [0.5, 0.6) is 5.75 Å². The Labute approximate surface area is 257 Å². The fraction of sp³-hybridized carbons (Fsp3) is 0.0345. The average molecular weight is 678 g/mol. The highest BCUT2D eigenvalue weighted by molar-refractivity contribution is 9.10. The lowest BCUT2D eigenvalue weighted by atomic mass is 10.1. The highest BCUT2D eigenvalue weighted by atomic mass is 79.9. The first kappa shape index (κ1) is 28.5. The molecule has 0 unspecified atom stereocenters. The van der Waals surface area contributed by atoms with Gasteiger partial charge in [-0.1, -0.05) is 15.9 Å². The van der Waals surface area contributed by atoms with Crippen molar-refractivity contribution in [1.82, 2.24) is 14.8 Å². The summed E-state index contributed by atoms with van der Waals surface area (Å²) in [5.74, 6) is 0.700. The van der Waals surface area contributed by atoms with Crippen molar-refractivity contribution in [2.45, 2.75) is 4.90 Å². The van der Waals surface area contributed by atoms with Gasteiger partial charge in [-0.3, -0.25) is 5.43 Å². The SMILES string of the molecule is COc1ccc(-c2nn(-c3ccc(S(N)(=O)=O)cc3)cc2/C=N\Nc2nc(-c3cc4cc(Br)ccc4oc3=O)cs2)cc1. The van der Waals surface area contributed by atoms with E-state index in [-0.39, 0.29) is 4.90 Å². The van der Waals surface area contributed by atoms with Crippen molar-refractivity contribution < 1.29 is 17.6 Å². The average Bonchev–Trinajstić information content (AvgIpc) is 3.64. The molecule has 0 aliphatic heterocycles. The predicted octanol–water partition coefficient (Wildman–Crippen LogP) is 5.63. The number of methoxy groups -OCH3 is 1. The minimum absolute atomic E-state index is 0.00178. The zero-order valence-electron chi connectivity index (χ0n) is 22.3. The number of primary sulfonamides is 1. The molecular formula is C29H21BrN6O5S2. The minimum atomic E-state index is -3.82. The lowest BCUT2D eigenvalue weighted by Crippen LogP contribution is -2.12. The van der Waals surface area contributed by atoms with Crippen LogP contribution in [0.15, 0.2) is 108 Å². The summed E-state index contributed by atoms with van der Waals surface area (Å²) in [6, 6.07) is 20.6. The molecule has 3 heterocycles. The molecular weight excluding hydrogens is 656 g/mol. The monoisotopic (exact) mass is 676 g/mol. The summed E-state index contributed by atoms with van der Waals surface area (Å²) in [4.78, 5) is 17.1. The van der Waals surface area contributed by atoms with Crippen molar-refractivity contribution >= 4 is 59.6 Å². The number of benzene rings is 3. The van der Waals surface area contributed by atoms with E-state index in [1.54, 1.807) is 53.8 Å². The number of sulfonamides is 1. The summed E-state index contributed by atoms with van der Waals surface area (Å²) in [7, 11) is -2.23. The quantitative estimate of drug-likeness (QED) is 0.119. The third kappa shape index (κ3) is 6.12. The van der Waals surface area contributed by atoms with Crippen molar-refractivity contribution in [2.75, 3.05) is 12.5 Å². The molecule has 216 valence electrons. The Morgan fingerprint density at radius 2 is 1.86 bits per heavy atom. The van der Waals surface area contributed by atoms with E-state index in [1.165, 1.54) is 23.5 Å². The van der Waals surface area contributed by atoms with Crippen LogP contribution in [-0.4, -0.2) is 36.5 Å². The Morgan fingerprint density at radius 1 is 1.09 bits per heavy atom. The highest BCUT2D eigenvalue weighted by Gasteiger charge is 2.14. The van der Waals surface area contributed by atoms with Crippen LogP contribution in [0, 0.1) is 0 Å². The molecule has 0 amide bonds. The molecule has 0 spiro atoms.